The van der Waals surface area contributed by atoms with Crippen LogP contribution in [0.3, 0.4) is 0 Å². The van der Waals surface area contributed by atoms with E-state index in [0.29, 0.717) is 0 Å². The predicted octanol–water partition coefficient (Wildman–Crippen LogP) is 0.651. The van der Waals surface area contributed by atoms with Gasteiger partial charge in [0.05, 0.1) is 7.11 Å². The third-order valence-electron chi connectivity index (χ3n) is 3.28. The Hall–Kier alpha value is -0.650. The molecule has 0 aromatic heterocycles. The van der Waals surface area contributed by atoms with Crippen molar-refractivity contribution in [2.75, 3.05) is 7.11 Å². The summed E-state index contributed by atoms with van der Waals surface area (Å²) in [5.41, 5.74) is -3.69. The Labute approximate surface area is 89.6 Å². The highest BCUT2D eigenvalue weighted by atomic mass is 16.6. The summed E-state index contributed by atoms with van der Waals surface area (Å²) < 4.78 is 4.56. The van der Waals surface area contributed by atoms with Gasteiger partial charge in [-0.1, -0.05) is 0 Å². The molecule has 0 amide bonds. The number of hydrogen-bond acceptors (Lipinski definition) is 5. The van der Waals surface area contributed by atoms with Crippen LogP contribution in [0.1, 0.15) is 34.1 Å². The maximum Gasteiger partial charge on any atom is 0.339 e. The van der Waals surface area contributed by atoms with E-state index in [1.165, 1.54) is 7.11 Å². The molecule has 1 fully saturated rings. The fourth-order valence-electron chi connectivity index (χ4n) is 2.33. The summed E-state index contributed by atoms with van der Waals surface area (Å²) in [6, 6.07) is 0. The molecule has 88 valence electrons. The summed E-state index contributed by atoms with van der Waals surface area (Å²) in [7, 11) is 1.21. The molecule has 0 aromatic carbocycles. The molecule has 15 heavy (non-hydrogen) atoms. The van der Waals surface area contributed by atoms with Gasteiger partial charge in [0.25, 0.3) is 0 Å². The van der Waals surface area contributed by atoms with Gasteiger partial charge in [-0.3, -0.25) is 0 Å². The van der Waals surface area contributed by atoms with Crippen LogP contribution in [0.5, 0.6) is 0 Å². The molecule has 0 radical (unpaired) electrons. The maximum absolute atomic E-state index is 11.9. The van der Waals surface area contributed by atoms with Crippen LogP contribution < -0.4 is 0 Å². The van der Waals surface area contributed by atoms with Crippen LogP contribution >= 0.6 is 0 Å². The highest BCUT2D eigenvalue weighted by molar-refractivity contribution is 5.82. The van der Waals surface area contributed by atoms with Crippen molar-refractivity contribution in [2.24, 2.45) is 0 Å². The molecular formula is C10H18NO4-. The average molecular weight is 216 g/mol. The van der Waals surface area contributed by atoms with Crippen LogP contribution in [-0.2, 0) is 9.53 Å². The predicted molar refractivity (Wildman–Crippen MR) is 54.9 cm³/mol. The topological polar surface area (TPSA) is 72.8 Å². The first-order valence-electron chi connectivity index (χ1n) is 4.88. The number of esters is 1. The van der Waals surface area contributed by atoms with Crippen molar-refractivity contribution in [2.45, 2.75) is 50.8 Å². The molecule has 0 aliphatic carbocycles. The van der Waals surface area contributed by atoms with Gasteiger partial charge in [-0.05, 0) is 27.7 Å². The second-order valence-electron chi connectivity index (χ2n) is 5.19. The van der Waals surface area contributed by atoms with Gasteiger partial charge in [0.1, 0.15) is 0 Å². The first kappa shape index (κ1) is 12.4. The molecule has 1 aliphatic rings. The summed E-state index contributed by atoms with van der Waals surface area (Å²) in [5, 5.41) is 23.0. The summed E-state index contributed by atoms with van der Waals surface area (Å²) in [4.78, 5) is 11.5. The molecule has 1 N–H and O–H groups in total. The normalized spacial score (nSPS) is 34.1. The average Bonchev–Trinajstić information content (AvgIpc) is 2.24. The number of nitrogens with zero attached hydrogens (tertiary/aromatic N) is 1. The molecule has 5 heteroatoms. The molecule has 0 bridgehead atoms. The molecule has 0 saturated carbocycles. The van der Waals surface area contributed by atoms with Crippen molar-refractivity contribution >= 4 is 5.97 Å². The Morgan fingerprint density at radius 2 is 1.87 bits per heavy atom. The lowest BCUT2D eigenvalue weighted by Gasteiger charge is -2.48. The van der Waals surface area contributed by atoms with Crippen LogP contribution in [0, 0.1) is 5.21 Å². The number of rotatable bonds is 1. The van der Waals surface area contributed by atoms with E-state index in [1.807, 2.05) is 0 Å². The number of carbonyl (C=O) groups excluding carboxylic acids is 1. The molecule has 1 saturated heterocycles. The Bertz CT molecular complexity index is 287. The molecule has 1 atom stereocenters. The van der Waals surface area contributed by atoms with Gasteiger partial charge in [0, 0.05) is 17.5 Å². The van der Waals surface area contributed by atoms with E-state index in [0.717, 1.165) is 5.06 Å². The van der Waals surface area contributed by atoms with E-state index in [2.05, 4.69) is 4.74 Å². The highest BCUT2D eigenvalue weighted by Crippen LogP contribution is 2.47. The first-order valence-corrected chi connectivity index (χ1v) is 4.88. The van der Waals surface area contributed by atoms with Crippen LogP contribution in [0.2, 0.25) is 0 Å². The van der Waals surface area contributed by atoms with E-state index < -0.39 is 22.6 Å². The SMILES string of the molecule is COC(=O)C1(O)CC(C)(C)N([O-])C1(C)C. The largest absolute Gasteiger partial charge is 0.784 e. The molecule has 0 aromatic rings. The lowest BCUT2D eigenvalue weighted by atomic mass is 9.82. The van der Waals surface area contributed by atoms with E-state index in [4.69, 9.17) is 0 Å². The molecular weight excluding hydrogens is 198 g/mol. The fourth-order valence-corrected chi connectivity index (χ4v) is 2.33. The van der Waals surface area contributed by atoms with E-state index in [1.54, 1.807) is 27.7 Å². The molecule has 1 aliphatic heterocycles. The number of carbonyl (C=O) groups is 1. The van der Waals surface area contributed by atoms with Crippen molar-refractivity contribution in [3.63, 3.8) is 0 Å². The van der Waals surface area contributed by atoms with Crippen molar-refractivity contribution in [1.82, 2.24) is 5.06 Å². The summed E-state index contributed by atoms with van der Waals surface area (Å²) >= 11 is 0. The number of aliphatic hydroxyl groups is 1. The molecule has 1 rings (SSSR count). The lowest BCUT2D eigenvalue weighted by molar-refractivity contribution is -0.169. The lowest BCUT2D eigenvalue weighted by Crippen LogP contribution is -2.57. The Balaban J connectivity index is 3.18. The number of methoxy groups -OCH3 is 1. The zero-order valence-electron chi connectivity index (χ0n) is 9.83. The number of hydroxylamine groups is 2. The van der Waals surface area contributed by atoms with Crippen LogP contribution in [0.25, 0.3) is 0 Å². The Morgan fingerprint density at radius 1 is 1.40 bits per heavy atom. The first-order chi connectivity index (χ1) is 6.59. The molecule has 1 heterocycles. The molecule has 0 spiro atoms. The van der Waals surface area contributed by atoms with Crippen LogP contribution in [0.15, 0.2) is 0 Å². The summed E-state index contributed by atoms with van der Waals surface area (Å²) in [5.74, 6) is -0.751. The maximum atomic E-state index is 11.9. The van der Waals surface area contributed by atoms with Crippen molar-refractivity contribution in [3.8, 4) is 0 Å². The zero-order valence-corrected chi connectivity index (χ0v) is 9.83. The summed E-state index contributed by atoms with van der Waals surface area (Å²) in [6.45, 7) is 6.49. The van der Waals surface area contributed by atoms with Crippen LogP contribution in [-0.4, -0.2) is 39.9 Å². The summed E-state index contributed by atoms with van der Waals surface area (Å²) in [6.07, 6.45) is 0.0726. The van der Waals surface area contributed by atoms with Gasteiger partial charge in [-0.2, -0.15) is 0 Å². The Morgan fingerprint density at radius 3 is 2.13 bits per heavy atom. The number of hydrogen-bond donors (Lipinski definition) is 1. The fraction of sp³-hybridized carbons (Fsp3) is 0.900. The van der Waals surface area contributed by atoms with Gasteiger partial charge in [-0.25, -0.2) is 4.79 Å². The van der Waals surface area contributed by atoms with Crippen molar-refractivity contribution < 1.29 is 14.6 Å². The molecule has 1 unspecified atom stereocenters. The van der Waals surface area contributed by atoms with E-state index in [-0.39, 0.29) is 6.42 Å². The minimum Gasteiger partial charge on any atom is -0.784 e. The standard InChI is InChI=1S/C10H18NO4/c1-8(2)6-10(13,7(12)15-5)9(3,4)11(8)14/h13H,6H2,1-5H3/q-1. The van der Waals surface area contributed by atoms with Gasteiger partial charge in [0.15, 0.2) is 5.60 Å². The zero-order chi connectivity index (χ0) is 12.1. The quantitative estimate of drug-likeness (QED) is 0.651. The second kappa shape index (κ2) is 3.17. The van der Waals surface area contributed by atoms with Crippen molar-refractivity contribution in [3.05, 3.63) is 5.21 Å². The third-order valence-corrected chi connectivity index (χ3v) is 3.28. The van der Waals surface area contributed by atoms with Gasteiger partial charge in [0.2, 0.25) is 0 Å². The number of ether oxygens (including phenoxy) is 1. The minimum absolute atomic E-state index is 0.0726. The van der Waals surface area contributed by atoms with Gasteiger partial charge >= 0.3 is 5.97 Å². The van der Waals surface area contributed by atoms with Crippen LogP contribution in [0.4, 0.5) is 0 Å². The Kier molecular flexibility index (Phi) is 2.62. The smallest absolute Gasteiger partial charge is 0.339 e. The van der Waals surface area contributed by atoms with Gasteiger partial charge < -0.3 is 20.1 Å². The monoisotopic (exact) mass is 216 g/mol. The van der Waals surface area contributed by atoms with E-state index in [9.17, 15) is 15.1 Å². The second-order valence-corrected chi connectivity index (χ2v) is 5.19. The van der Waals surface area contributed by atoms with Crippen molar-refractivity contribution in [1.29, 1.82) is 0 Å². The minimum atomic E-state index is -1.74. The van der Waals surface area contributed by atoms with E-state index >= 15 is 0 Å². The molecule has 5 nitrogen and oxygen atoms in total. The highest BCUT2D eigenvalue weighted by Gasteiger charge is 2.61. The third kappa shape index (κ3) is 1.46. The van der Waals surface area contributed by atoms with Gasteiger partial charge in [-0.15, -0.1) is 0 Å².